The van der Waals surface area contributed by atoms with Crippen LogP contribution < -0.4 is 26.0 Å². The number of aryl methyl sites for hydroxylation is 1. The van der Waals surface area contributed by atoms with E-state index in [1.54, 1.807) is 23.5 Å². The number of hydrogen-bond donors (Lipinski definition) is 3. The average Bonchev–Trinajstić information content (AvgIpc) is 3.90. The van der Waals surface area contributed by atoms with E-state index in [4.69, 9.17) is 16.2 Å². The van der Waals surface area contributed by atoms with Crippen molar-refractivity contribution in [1.82, 2.24) is 20.1 Å². The molecule has 10 nitrogen and oxygen atoms in total. The summed E-state index contributed by atoms with van der Waals surface area (Å²) in [7, 11) is 0. The van der Waals surface area contributed by atoms with Gasteiger partial charge in [-0.3, -0.25) is 4.90 Å². The van der Waals surface area contributed by atoms with E-state index in [0.717, 1.165) is 56.4 Å². The molecule has 11 heteroatoms. The zero-order chi connectivity index (χ0) is 34.6. The first-order valence-corrected chi connectivity index (χ1v) is 18.3. The van der Waals surface area contributed by atoms with Crippen molar-refractivity contribution in [2.45, 2.75) is 45.8 Å². The van der Waals surface area contributed by atoms with E-state index < -0.39 is 0 Å². The fourth-order valence-corrected chi connectivity index (χ4v) is 7.55. The number of benzene rings is 3. The number of aromatic hydroxyl groups is 1. The molecule has 5 aromatic rings. The molecular formula is C39H46N8O2S. The quantitative estimate of drug-likeness (QED) is 0.129. The van der Waals surface area contributed by atoms with E-state index >= 15 is 0 Å². The number of piperazine rings is 1. The van der Waals surface area contributed by atoms with Crippen LogP contribution in [0, 0.1) is 12.8 Å². The van der Waals surface area contributed by atoms with Crippen LogP contribution in [0.4, 0.5) is 17.2 Å². The predicted molar refractivity (Wildman–Crippen MR) is 203 cm³/mol. The summed E-state index contributed by atoms with van der Waals surface area (Å²) in [6, 6.07) is 24.8. The Morgan fingerprint density at radius 3 is 2.48 bits per heavy atom. The molecule has 2 aromatic heterocycles. The highest BCUT2D eigenvalue weighted by Crippen LogP contribution is 2.38. The standard InChI is InChI=1S/C39H46N8O2S/c1-26(22-47(31-11-12-31)35-19-29(9-10-30(35)21-40)38-27(2)42-25-50-38)24-49-32-13-7-28(8-14-32)23-45-15-17-46(18-16-45)36-20-34(43-44-39(36)41)33-5-3-4-6-37(33)48/h3-10,13-14,19-20,25-26,31,48H,11-12,15-18,21-24,40H2,1-2H3,(H2,41,44). The minimum atomic E-state index is 0.176. The second-order valence-corrected chi connectivity index (χ2v) is 14.4. The van der Waals surface area contributed by atoms with Gasteiger partial charge in [0.1, 0.15) is 11.5 Å². The van der Waals surface area contributed by atoms with Crippen LogP contribution in [-0.4, -0.2) is 70.6 Å². The van der Waals surface area contributed by atoms with Gasteiger partial charge in [0.05, 0.1) is 34.1 Å². The molecule has 1 saturated heterocycles. The summed E-state index contributed by atoms with van der Waals surface area (Å²) in [6.07, 6.45) is 2.43. The Balaban J connectivity index is 0.916. The lowest BCUT2D eigenvalue weighted by molar-refractivity contribution is 0.249. The Bertz CT molecular complexity index is 1900. The summed E-state index contributed by atoms with van der Waals surface area (Å²) in [4.78, 5) is 13.0. The van der Waals surface area contributed by atoms with Gasteiger partial charge in [0.25, 0.3) is 0 Å². The summed E-state index contributed by atoms with van der Waals surface area (Å²) in [5.74, 6) is 1.81. The number of phenolic OH excluding ortho intramolecular Hbond substituents is 1. The number of phenols is 1. The molecule has 0 radical (unpaired) electrons. The van der Waals surface area contributed by atoms with Gasteiger partial charge in [0, 0.05) is 69.0 Å². The molecule has 1 unspecified atom stereocenters. The van der Waals surface area contributed by atoms with E-state index in [2.05, 4.69) is 86.2 Å². The van der Waals surface area contributed by atoms with Crippen LogP contribution in [0.3, 0.4) is 0 Å². The molecule has 3 aromatic carbocycles. The van der Waals surface area contributed by atoms with Gasteiger partial charge in [-0.05, 0) is 72.9 Å². The van der Waals surface area contributed by atoms with Crippen LogP contribution in [0.2, 0.25) is 0 Å². The van der Waals surface area contributed by atoms with E-state index in [1.807, 2.05) is 23.7 Å². The van der Waals surface area contributed by atoms with E-state index in [1.165, 1.54) is 40.1 Å². The van der Waals surface area contributed by atoms with Crippen molar-refractivity contribution < 1.29 is 9.84 Å². The zero-order valence-electron chi connectivity index (χ0n) is 28.8. The maximum absolute atomic E-state index is 10.3. The molecule has 7 rings (SSSR count). The average molecular weight is 691 g/mol. The normalized spacial score (nSPS) is 15.6. The molecule has 50 heavy (non-hydrogen) atoms. The van der Waals surface area contributed by atoms with Crippen molar-refractivity contribution in [1.29, 1.82) is 0 Å². The first-order chi connectivity index (χ1) is 24.4. The molecule has 3 heterocycles. The Hall–Kier alpha value is -4.71. The number of nitrogens with zero attached hydrogens (tertiary/aromatic N) is 6. The minimum absolute atomic E-state index is 0.176. The highest BCUT2D eigenvalue weighted by atomic mass is 32.1. The molecule has 0 bridgehead atoms. The Morgan fingerprint density at radius 1 is 1.00 bits per heavy atom. The van der Waals surface area contributed by atoms with Gasteiger partial charge in [-0.1, -0.05) is 43.3 Å². The highest BCUT2D eigenvalue weighted by Gasteiger charge is 2.32. The van der Waals surface area contributed by atoms with Crippen LogP contribution in [0.25, 0.3) is 21.7 Å². The number of aromatic nitrogens is 3. The van der Waals surface area contributed by atoms with Crippen LogP contribution in [0.1, 0.15) is 36.6 Å². The maximum atomic E-state index is 10.3. The summed E-state index contributed by atoms with van der Waals surface area (Å²) >= 11 is 1.69. The molecule has 0 spiro atoms. The third-order valence-corrected chi connectivity index (χ3v) is 10.7. The van der Waals surface area contributed by atoms with Gasteiger partial charge in [0.15, 0.2) is 5.82 Å². The van der Waals surface area contributed by atoms with Crippen molar-refractivity contribution in [3.8, 4) is 33.2 Å². The SMILES string of the molecule is Cc1ncsc1-c1ccc(CN)c(N(CC(C)COc2ccc(CN3CCN(c4cc(-c5ccccc5O)nnc4N)CC3)cc2)C2CC2)c1. The third-order valence-electron chi connectivity index (χ3n) is 9.68. The second-order valence-electron chi connectivity index (χ2n) is 13.5. The summed E-state index contributed by atoms with van der Waals surface area (Å²) in [5, 5.41) is 18.7. The summed E-state index contributed by atoms with van der Waals surface area (Å²) in [6.45, 7) is 10.8. The van der Waals surface area contributed by atoms with Crippen LogP contribution in [-0.2, 0) is 13.1 Å². The largest absolute Gasteiger partial charge is 0.507 e. The van der Waals surface area contributed by atoms with Gasteiger partial charge in [-0.15, -0.1) is 21.5 Å². The van der Waals surface area contributed by atoms with E-state index in [-0.39, 0.29) is 5.75 Å². The predicted octanol–water partition coefficient (Wildman–Crippen LogP) is 6.33. The number of anilines is 3. The Kier molecular flexibility index (Phi) is 10.2. The zero-order valence-corrected chi connectivity index (χ0v) is 29.6. The molecule has 2 fully saturated rings. The number of para-hydroxylation sites is 1. The third kappa shape index (κ3) is 7.70. The number of thiazole rings is 1. The second kappa shape index (κ2) is 15.0. The van der Waals surface area contributed by atoms with E-state index in [9.17, 15) is 5.11 Å². The number of nitrogens with two attached hydrogens (primary N) is 2. The monoisotopic (exact) mass is 690 g/mol. The molecule has 5 N–H and O–H groups in total. The number of nitrogen functional groups attached to an aromatic ring is 1. The van der Waals surface area contributed by atoms with Crippen LogP contribution >= 0.6 is 11.3 Å². The first-order valence-electron chi connectivity index (χ1n) is 17.5. The van der Waals surface area contributed by atoms with Crippen LogP contribution in [0.15, 0.2) is 78.3 Å². The topological polar surface area (TPSA) is 130 Å². The number of ether oxygens (including phenoxy) is 1. The van der Waals surface area contributed by atoms with Crippen molar-refractivity contribution >= 4 is 28.5 Å². The number of hydrogen-bond acceptors (Lipinski definition) is 11. The van der Waals surface area contributed by atoms with Crippen molar-refractivity contribution in [3.63, 3.8) is 0 Å². The molecular weight excluding hydrogens is 645 g/mol. The minimum Gasteiger partial charge on any atom is -0.507 e. The lowest BCUT2D eigenvalue weighted by Crippen LogP contribution is -2.46. The molecule has 1 atom stereocenters. The smallest absolute Gasteiger partial charge is 0.169 e. The number of rotatable bonds is 13. The summed E-state index contributed by atoms with van der Waals surface area (Å²) < 4.78 is 6.31. The fraction of sp³-hybridized carbons (Fsp3) is 0.359. The van der Waals surface area contributed by atoms with Gasteiger partial charge in [-0.2, -0.15) is 0 Å². The van der Waals surface area contributed by atoms with Gasteiger partial charge < -0.3 is 31.1 Å². The first kappa shape index (κ1) is 33.8. The van der Waals surface area contributed by atoms with Crippen molar-refractivity contribution in [3.05, 3.63) is 95.1 Å². The molecule has 0 amide bonds. The molecule has 260 valence electrons. The van der Waals surface area contributed by atoms with Gasteiger partial charge in [-0.25, -0.2) is 4.98 Å². The molecule has 1 aliphatic carbocycles. The molecule has 2 aliphatic rings. The maximum Gasteiger partial charge on any atom is 0.169 e. The lowest BCUT2D eigenvalue weighted by Gasteiger charge is -2.36. The highest BCUT2D eigenvalue weighted by molar-refractivity contribution is 7.13. The Labute approximate surface area is 298 Å². The lowest BCUT2D eigenvalue weighted by atomic mass is 10.0. The molecule has 1 aliphatic heterocycles. The van der Waals surface area contributed by atoms with Crippen molar-refractivity contribution in [2.24, 2.45) is 11.7 Å². The summed E-state index contributed by atoms with van der Waals surface area (Å²) in [5.41, 5.74) is 22.5. The van der Waals surface area contributed by atoms with Crippen LogP contribution in [0.5, 0.6) is 11.5 Å². The van der Waals surface area contributed by atoms with Crippen molar-refractivity contribution in [2.75, 3.05) is 54.9 Å². The van der Waals surface area contributed by atoms with Gasteiger partial charge >= 0.3 is 0 Å². The van der Waals surface area contributed by atoms with E-state index in [0.29, 0.717) is 42.2 Å². The Morgan fingerprint density at radius 2 is 1.78 bits per heavy atom. The fourth-order valence-electron chi connectivity index (χ4n) is 6.74. The van der Waals surface area contributed by atoms with Gasteiger partial charge in [0.2, 0.25) is 0 Å². The molecule has 1 saturated carbocycles.